The van der Waals surface area contributed by atoms with E-state index in [4.69, 9.17) is 23.2 Å². The quantitative estimate of drug-likeness (QED) is 0.811. The van der Waals surface area contributed by atoms with E-state index in [1.54, 1.807) is 29.2 Å². The fraction of sp³-hybridized carbons (Fsp3) is 0.214. The maximum Gasteiger partial charge on any atom is 0.242 e. The van der Waals surface area contributed by atoms with Gasteiger partial charge in [0.25, 0.3) is 0 Å². The molecule has 0 fully saturated rings. The van der Waals surface area contributed by atoms with Crippen molar-refractivity contribution in [3.05, 3.63) is 46.3 Å². The summed E-state index contributed by atoms with van der Waals surface area (Å²) in [5.74, 6) is -0.928. The summed E-state index contributed by atoms with van der Waals surface area (Å²) in [6.07, 6.45) is 2.31. The number of carbonyl (C=O) groups is 1. The Balaban J connectivity index is 2.03. The van der Waals surface area contributed by atoms with E-state index in [-0.39, 0.29) is 16.9 Å². The van der Waals surface area contributed by atoms with E-state index in [0.29, 0.717) is 17.1 Å². The number of rotatable bonds is 3. The highest BCUT2D eigenvalue weighted by Crippen LogP contribution is 2.42. The number of nitrogens with zero attached hydrogens (tertiary/aromatic N) is 3. The Kier molecular flexibility index (Phi) is 4.37. The lowest BCUT2D eigenvalue weighted by molar-refractivity contribution is -0.120. The van der Waals surface area contributed by atoms with Gasteiger partial charge >= 0.3 is 0 Å². The van der Waals surface area contributed by atoms with Crippen LogP contribution < -0.4 is 9.62 Å². The SMILES string of the molecule is CS(=O)(=O)NC(=O)C1CN(c2nc(Cl)ncc2Cl)c2ccccc21. The first-order valence-corrected chi connectivity index (χ1v) is 9.47. The average molecular weight is 387 g/mol. The van der Waals surface area contributed by atoms with Gasteiger partial charge in [0.1, 0.15) is 5.02 Å². The molecule has 24 heavy (non-hydrogen) atoms. The Morgan fingerprint density at radius 3 is 2.75 bits per heavy atom. The number of hydrogen-bond donors (Lipinski definition) is 1. The Bertz CT molecular complexity index is 920. The predicted molar refractivity (Wildman–Crippen MR) is 91.2 cm³/mol. The predicted octanol–water partition coefficient (Wildman–Crippen LogP) is 2.09. The molecule has 1 atom stereocenters. The van der Waals surface area contributed by atoms with Crippen LogP contribution in [0.15, 0.2) is 30.5 Å². The third kappa shape index (κ3) is 3.31. The van der Waals surface area contributed by atoms with Crippen molar-refractivity contribution in [1.29, 1.82) is 0 Å². The molecule has 1 aliphatic heterocycles. The number of para-hydroxylation sites is 1. The molecule has 3 rings (SSSR count). The van der Waals surface area contributed by atoms with E-state index in [2.05, 4.69) is 9.97 Å². The highest BCUT2D eigenvalue weighted by Gasteiger charge is 2.36. The van der Waals surface area contributed by atoms with E-state index in [0.717, 1.165) is 6.26 Å². The highest BCUT2D eigenvalue weighted by molar-refractivity contribution is 7.89. The molecule has 0 saturated carbocycles. The number of hydrogen-bond acceptors (Lipinski definition) is 6. The Morgan fingerprint density at radius 1 is 1.33 bits per heavy atom. The summed E-state index contributed by atoms with van der Waals surface area (Å²) in [5.41, 5.74) is 1.40. The number of nitrogens with one attached hydrogen (secondary N) is 1. The second kappa shape index (κ2) is 6.19. The van der Waals surface area contributed by atoms with Crippen molar-refractivity contribution in [2.45, 2.75) is 5.92 Å². The van der Waals surface area contributed by atoms with Crippen LogP contribution in [-0.4, -0.2) is 37.1 Å². The van der Waals surface area contributed by atoms with Crippen molar-refractivity contribution < 1.29 is 13.2 Å². The Labute approximate surface area is 148 Å². The third-order valence-electron chi connectivity index (χ3n) is 3.52. The molecule has 0 saturated heterocycles. The average Bonchev–Trinajstić information content (AvgIpc) is 2.88. The number of benzene rings is 1. The van der Waals surface area contributed by atoms with Gasteiger partial charge in [-0.1, -0.05) is 29.8 Å². The normalized spacial score (nSPS) is 16.8. The van der Waals surface area contributed by atoms with Gasteiger partial charge in [-0.25, -0.2) is 13.4 Å². The number of fused-ring (bicyclic) bond motifs is 1. The van der Waals surface area contributed by atoms with E-state index < -0.39 is 21.8 Å². The van der Waals surface area contributed by atoms with Crippen LogP contribution in [-0.2, 0) is 14.8 Å². The van der Waals surface area contributed by atoms with Crippen LogP contribution in [0.2, 0.25) is 10.3 Å². The summed E-state index contributed by atoms with van der Waals surface area (Å²) in [6, 6.07) is 7.14. The van der Waals surface area contributed by atoms with Gasteiger partial charge in [0.15, 0.2) is 5.82 Å². The van der Waals surface area contributed by atoms with Gasteiger partial charge in [-0.05, 0) is 23.2 Å². The van der Waals surface area contributed by atoms with E-state index >= 15 is 0 Å². The largest absolute Gasteiger partial charge is 0.324 e. The first-order chi connectivity index (χ1) is 11.3. The number of sulfonamides is 1. The van der Waals surface area contributed by atoms with Gasteiger partial charge in [0.2, 0.25) is 21.2 Å². The third-order valence-corrected chi connectivity index (χ3v) is 4.54. The van der Waals surface area contributed by atoms with Gasteiger partial charge in [-0.2, -0.15) is 4.98 Å². The molecule has 0 bridgehead atoms. The van der Waals surface area contributed by atoms with E-state index in [9.17, 15) is 13.2 Å². The number of aromatic nitrogens is 2. The summed E-state index contributed by atoms with van der Waals surface area (Å²) in [6.45, 7) is 0.188. The number of amides is 1. The molecule has 2 aromatic rings. The zero-order valence-electron chi connectivity index (χ0n) is 12.4. The van der Waals surface area contributed by atoms with Crippen molar-refractivity contribution in [3.63, 3.8) is 0 Å². The summed E-state index contributed by atoms with van der Waals surface area (Å²) >= 11 is 12.0. The molecule has 1 amide bonds. The van der Waals surface area contributed by atoms with Crippen molar-refractivity contribution in [2.75, 3.05) is 17.7 Å². The minimum Gasteiger partial charge on any atom is -0.324 e. The van der Waals surface area contributed by atoms with Crippen LogP contribution in [0.3, 0.4) is 0 Å². The van der Waals surface area contributed by atoms with Gasteiger partial charge in [0.05, 0.1) is 18.4 Å². The first-order valence-electron chi connectivity index (χ1n) is 6.82. The van der Waals surface area contributed by atoms with Crippen LogP contribution in [0.25, 0.3) is 0 Å². The lowest BCUT2D eigenvalue weighted by Crippen LogP contribution is -2.35. The standard InChI is InChI=1S/C14H12Cl2N4O3S/c1-24(22,23)19-13(21)9-7-20(11-5-3-2-4-8(9)11)12-10(15)6-17-14(16)18-12/h2-6,9H,7H2,1H3,(H,19,21). The molecular weight excluding hydrogens is 375 g/mol. The summed E-state index contributed by atoms with van der Waals surface area (Å²) < 4.78 is 24.7. The topological polar surface area (TPSA) is 92.3 Å². The smallest absolute Gasteiger partial charge is 0.242 e. The fourth-order valence-electron chi connectivity index (χ4n) is 2.61. The summed E-state index contributed by atoms with van der Waals surface area (Å²) in [5, 5.41) is 0.300. The Morgan fingerprint density at radius 2 is 2.04 bits per heavy atom. The molecule has 0 spiro atoms. The molecule has 2 heterocycles. The second-order valence-corrected chi connectivity index (χ2v) is 7.76. The lowest BCUT2D eigenvalue weighted by atomic mass is 10.0. The minimum absolute atomic E-state index is 0.0240. The molecule has 126 valence electrons. The molecule has 7 nitrogen and oxygen atoms in total. The van der Waals surface area contributed by atoms with E-state index in [1.165, 1.54) is 6.20 Å². The molecule has 10 heteroatoms. The van der Waals surface area contributed by atoms with Gasteiger partial charge in [-0.3, -0.25) is 9.52 Å². The maximum absolute atomic E-state index is 12.3. The monoisotopic (exact) mass is 386 g/mol. The van der Waals surface area contributed by atoms with Crippen molar-refractivity contribution in [3.8, 4) is 0 Å². The highest BCUT2D eigenvalue weighted by atomic mass is 35.5. The molecule has 1 N–H and O–H groups in total. The molecule has 1 aromatic heterocycles. The molecule has 0 aliphatic carbocycles. The van der Waals surface area contributed by atoms with Gasteiger partial charge in [-0.15, -0.1) is 0 Å². The Hall–Kier alpha value is -1.90. The van der Waals surface area contributed by atoms with Crippen LogP contribution >= 0.6 is 23.2 Å². The molecule has 1 unspecified atom stereocenters. The second-order valence-electron chi connectivity index (χ2n) is 5.27. The lowest BCUT2D eigenvalue weighted by Gasteiger charge is -2.19. The molecule has 0 radical (unpaired) electrons. The fourth-order valence-corrected chi connectivity index (χ4v) is 3.44. The van der Waals surface area contributed by atoms with Gasteiger partial charge in [0, 0.05) is 12.2 Å². The van der Waals surface area contributed by atoms with Crippen LogP contribution in [0.5, 0.6) is 0 Å². The molecular formula is C14H12Cl2N4O3S. The van der Waals surface area contributed by atoms with Gasteiger partial charge < -0.3 is 4.90 Å². The van der Waals surface area contributed by atoms with E-state index in [1.807, 2.05) is 4.72 Å². The molecule has 1 aromatic carbocycles. The van der Waals surface area contributed by atoms with Crippen LogP contribution in [0, 0.1) is 0 Å². The van der Waals surface area contributed by atoms with Crippen molar-refractivity contribution in [2.24, 2.45) is 0 Å². The summed E-state index contributed by atoms with van der Waals surface area (Å²) in [7, 11) is -3.65. The first kappa shape index (κ1) is 16.9. The molecule has 1 aliphatic rings. The number of halogens is 2. The summed E-state index contributed by atoms with van der Waals surface area (Å²) in [4.78, 5) is 22.0. The zero-order valence-corrected chi connectivity index (χ0v) is 14.7. The zero-order chi connectivity index (χ0) is 17.5. The van der Waals surface area contributed by atoms with Crippen molar-refractivity contribution in [1.82, 2.24) is 14.7 Å². The van der Waals surface area contributed by atoms with Crippen molar-refractivity contribution >= 4 is 50.6 Å². The number of anilines is 2. The van der Waals surface area contributed by atoms with Crippen LogP contribution in [0.1, 0.15) is 11.5 Å². The number of carbonyl (C=O) groups excluding carboxylic acids is 1. The maximum atomic E-state index is 12.3. The van der Waals surface area contributed by atoms with Crippen LogP contribution in [0.4, 0.5) is 11.5 Å². The minimum atomic E-state index is -3.65.